The number of hydrogen-bond donors (Lipinski definition) is 5. The van der Waals surface area contributed by atoms with E-state index in [0.29, 0.717) is 17.7 Å². The number of pyridine rings is 1. The van der Waals surface area contributed by atoms with Gasteiger partial charge in [0.2, 0.25) is 0 Å². The van der Waals surface area contributed by atoms with Crippen molar-refractivity contribution in [3.8, 4) is 0 Å². The normalized spacial score (nSPS) is 19.7. The van der Waals surface area contributed by atoms with Gasteiger partial charge in [-0.25, -0.2) is 14.3 Å². The third-order valence-corrected chi connectivity index (χ3v) is 7.32. The molecule has 1 fully saturated rings. The molecule has 186 valence electrons. The number of oxime groups is 1. The van der Waals surface area contributed by atoms with Crippen LogP contribution in [0.1, 0.15) is 16.1 Å². The van der Waals surface area contributed by atoms with Gasteiger partial charge in [0.1, 0.15) is 28.4 Å². The molecule has 0 bridgehead atoms. The fourth-order valence-corrected chi connectivity index (χ4v) is 5.55. The molecule has 7 N–H and O–H groups in total. The number of carbonyl (C=O) groups is 4. The maximum atomic E-state index is 12.8. The van der Waals surface area contributed by atoms with Gasteiger partial charge in [-0.3, -0.25) is 19.3 Å². The summed E-state index contributed by atoms with van der Waals surface area (Å²) in [7, 11) is 0. The van der Waals surface area contributed by atoms with Crippen molar-refractivity contribution in [2.24, 2.45) is 10.9 Å². The van der Waals surface area contributed by atoms with Gasteiger partial charge in [-0.2, -0.15) is 0 Å². The van der Waals surface area contributed by atoms with Gasteiger partial charge in [0, 0.05) is 17.2 Å². The van der Waals surface area contributed by atoms with Crippen LogP contribution >= 0.6 is 23.1 Å². The first kappa shape index (κ1) is 24.9. The van der Waals surface area contributed by atoms with Crippen molar-refractivity contribution in [3.63, 3.8) is 0 Å². The Labute approximate surface area is 211 Å². The number of nitrogens with one attached hydrogen (secondary N) is 1. The molecule has 2 aliphatic rings. The maximum Gasteiger partial charge on any atom is 0.352 e. The number of allylic oxidation sites excluding steroid dienone is 2. The lowest BCUT2D eigenvalue weighted by Gasteiger charge is -2.49. The van der Waals surface area contributed by atoms with Crippen molar-refractivity contribution in [3.05, 3.63) is 64.6 Å². The molecule has 15 heteroatoms. The highest BCUT2D eigenvalue weighted by molar-refractivity contribution is 8.00. The fraction of sp³-hybridized carbons (Fsp3) is 0.190. The summed E-state index contributed by atoms with van der Waals surface area (Å²) in [6, 6.07) is 2.24. The molecule has 2 aromatic heterocycles. The number of thiazole rings is 1. The van der Waals surface area contributed by atoms with Gasteiger partial charge in [-0.15, -0.1) is 23.1 Å². The number of aliphatic carboxylic acids is 1. The highest BCUT2D eigenvalue weighted by atomic mass is 32.2. The van der Waals surface area contributed by atoms with E-state index in [9.17, 15) is 29.5 Å². The van der Waals surface area contributed by atoms with E-state index in [0.717, 1.165) is 16.2 Å². The Kier molecular flexibility index (Phi) is 7.03. The molecule has 4 rings (SSSR count). The molecule has 2 aliphatic heterocycles. The van der Waals surface area contributed by atoms with E-state index in [4.69, 9.17) is 11.5 Å². The minimum atomic E-state index is -1.28. The number of nitrogen functional groups attached to an aromatic ring is 1. The van der Waals surface area contributed by atoms with Crippen molar-refractivity contribution in [1.29, 1.82) is 0 Å². The van der Waals surface area contributed by atoms with Crippen LogP contribution in [0.25, 0.3) is 0 Å². The number of β-lactam (4-membered cyclic amide) rings is 1. The molecule has 13 nitrogen and oxygen atoms in total. The molecular formula is C21H20N7O6S2+. The van der Waals surface area contributed by atoms with Gasteiger partial charge in [0.25, 0.3) is 17.7 Å². The number of carboxylic acid groups (broad SMARTS) is 1. The summed E-state index contributed by atoms with van der Waals surface area (Å²) >= 11 is 2.33. The molecule has 4 heterocycles. The summed E-state index contributed by atoms with van der Waals surface area (Å²) in [4.78, 5) is 53.8. The standard InChI is InChI=1S/C21H19N7O6S2/c22-16(29)10-3-1-5-27(7-10)6-2-4-11-8-35-19-14(18(31)28(19)15(11)20(32)33)25-17(30)13(26-34)12-9-36-21(23)24-12/h1-5,7,9,14,19H,6,8H2,(H6-,22,23,24,25,29,30,32,33,34)/p+1/b4-2+/t14-,19-/m1/s1. The third kappa shape index (κ3) is 4.78. The van der Waals surface area contributed by atoms with Gasteiger partial charge in [-0.1, -0.05) is 11.2 Å². The number of nitrogens with two attached hydrogens (primary N) is 2. The first-order chi connectivity index (χ1) is 17.2. The van der Waals surface area contributed by atoms with Crippen LogP contribution in [0.4, 0.5) is 5.13 Å². The summed E-state index contributed by atoms with van der Waals surface area (Å²) in [6.07, 6.45) is 6.61. The predicted molar refractivity (Wildman–Crippen MR) is 129 cm³/mol. The van der Waals surface area contributed by atoms with E-state index in [1.807, 2.05) is 0 Å². The Morgan fingerprint density at radius 3 is 2.81 bits per heavy atom. The largest absolute Gasteiger partial charge is 0.477 e. The maximum absolute atomic E-state index is 12.8. The Morgan fingerprint density at radius 1 is 1.39 bits per heavy atom. The summed E-state index contributed by atoms with van der Waals surface area (Å²) in [6.45, 7) is 0.336. The van der Waals surface area contributed by atoms with Crippen LogP contribution in [0.15, 0.2) is 58.5 Å². The molecule has 0 radical (unpaired) electrons. The van der Waals surface area contributed by atoms with Crippen LogP contribution in [-0.4, -0.2) is 66.8 Å². The second-order valence-corrected chi connectivity index (χ2v) is 9.61. The summed E-state index contributed by atoms with van der Waals surface area (Å²) in [5, 5.41) is 25.5. The number of primary amides is 1. The lowest BCUT2D eigenvalue weighted by Crippen LogP contribution is -2.71. The SMILES string of the molecule is NC(=O)c1ccc[n+](C/C=C/C2=C(C(=O)O)N3C(=O)[C@@H](NC(=O)/C(=N\O)c4csc(N)n4)[C@H]3SC2)c1. The van der Waals surface area contributed by atoms with Crippen LogP contribution in [0.2, 0.25) is 0 Å². The van der Waals surface area contributed by atoms with Crippen LogP contribution in [0.5, 0.6) is 0 Å². The van der Waals surface area contributed by atoms with E-state index in [-0.39, 0.29) is 22.3 Å². The molecular weight excluding hydrogens is 510 g/mol. The monoisotopic (exact) mass is 530 g/mol. The van der Waals surface area contributed by atoms with Crippen LogP contribution in [0, 0.1) is 0 Å². The van der Waals surface area contributed by atoms with Gasteiger partial charge in [-0.05, 0) is 17.7 Å². The number of thioether (sulfide) groups is 1. The van der Waals surface area contributed by atoms with Crippen molar-refractivity contribution in [2.45, 2.75) is 18.0 Å². The molecule has 2 aromatic rings. The number of carboxylic acids is 1. The van der Waals surface area contributed by atoms with E-state index >= 15 is 0 Å². The summed E-state index contributed by atoms with van der Waals surface area (Å²) in [5.74, 6) is -3.03. The Balaban J connectivity index is 1.48. The Morgan fingerprint density at radius 2 is 2.17 bits per heavy atom. The Hall–Kier alpha value is -4.24. The second-order valence-electron chi connectivity index (χ2n) is 7.62. The second kappa shape index (κ2) is 10.2. The minimum Gasteiger partial charge on any atom is -0.477 e. The van der Waals surface area contributed by atoms with Crippen LogP contribution in [0.3, 0.4) is 0 Å². The van der Waals surface area contributed by atoms with Crippen molar-refractivity contribution < 1.29 is 34.1 Å². The molecule has 2 atom stereocenters. The number of aromatic nitrogens is 2. The van der Waals surface area contributed by atoms with Gasteiger partial charge < -0.3 is 27.1 Å². The number of carbonyl (C=O) groups excluding carboxylic acids is 3. The average Bonchev–Trinajstić information content (AvgIpc) is 3.28. The molecule has 3 amide bonds. The molecule has 0 aromatic carbocycles. The number of fused-ring (bicyclic) bond motifs is 1. The number of nitrogens with zero attached hydrogens (tertiary/aromatic N) is 4. The first-order valence-electron chi connectivity index (χ1n) is 10.3. The predicted octanol–water partition coefficient (Wildman–Crippen LogP) is -0.715. The number of anilines is 1. The van der Waals surface area contributed by atoms with Crippen LogP contribution < -0.4 is 21.4 Å². The van der Waals surface area contributed by atoms with E-state index < -0.39 is 40.8 Å². The van der Waals surface area contributed by atoms with E-state index in [1.54, 1.807) is 41.2 Å². The summed E-state index contributed by atoms with van der Waals surface area (Å²) < 4.78 is 1.70. The zero-order valence-corrected chi connectivity index (χ0v) is 20.0. The minimum absolute atomic E-state index is 0.0511. The zero-order valence-electron chi connectivity index (χ0n) is 18.4. The highest BCUT2D eigenvalue weighted by Gasteiger charge is 2.54. The van der Waals surface area contributed by atoms with Gasteiger partial charge in [0.15, 0.2) is 29.8 Å². The number of rotatable bonds is 8. The molecule has 36 heavy (non-hydrogen) atoms. The fourth-order valence-electron chi connectivity index (χ4n) is 3.69. The zero-order chi connectivity index (χ0) is 26.0. The summed E-state index contributed by atoms with van der Waals surface area (Å²) in [5.41, 5.74) is 11.1. The number of amides is 3. The lowest BCUT2D eigenvalue weighted by atomic mass is 10.0. The van der Waals surface area contributed by atoms with Crippen molar-refractivity contribution in [1.82, 2.24) is 15.2 Å². The first-order valence-corrected chi connectivity index (χ1v) is 12.2. The van der Waals surface area contributed by atoms with Gasteiger partial charge >= 0.3 is 5.97 Å². The van der Waals surface area contributed by atoms with Crippen LogP contribution in [-0.2, 0) is 20.9 Å². The Bertz CT molecular complexity index is 1350. The van der Waals surface area contributed by atoms with E-state index in [1.165, 1.54) is 17.1 Å². The molecule has 0 aliphatic carbocycles. The van der Waals surface area contributed by atoms with E-state index in [2.05, 4.69) is 15.5 Å². The molecule has 0 saturated carbocycles. The van der Waals surface area contributed by atoms with Gasteiger partial charge in [0.05, 0.1) is 0 Å². The average molecular weight is 531 g/mol. The lowest BCUT2D eigenvalue weighted by molar-refractivity contribution is -0.687. The molecule has 1 saturated heterocycles. The number of hydrogen-bond acceptors (Lipinski definition) is 10. The quantitative estimate of drug-likeness (QED) is 0.0959. The van der Waals surface area contributed by atoms with Crippen molar-refractivity contribution >= 4 is 57.6 Å². The highest BCUT2D eigenvalue weighted by Crippen LogP contribution is 2.40. The van der Waals surface area contributed by atoms with Crippen molar-refractivity contribution in [2.75, 3.05) is 11.5 Å². The molecule has 0 spiro atoms. The smallest absolute Gasteiger partial charge is 0.352 e. The topological polar surface area (TPSA) is 205 Å². The third-order valence-electron chi connectivity index (χ3n) is 5.34. The molecule has 0 unspecified atom stereocenters.